The van der Waals surface area contributed by atoms with Crippen LogP contribution in [0, 0.1) is 4.78 Å². The van der Waals surface area contributed by atoms with Crippen molar-refractivity contribution < 1.29 is 4.21 Å². The first-order valence-electron chi connectivity index (χ1n) is 4.60. The predicted molar refractivity (Wildman–Crippen MR) is 63.4 cm³/mol. The first-order chi connectivity index (χ1) is 7.59. The molecule has 5 nitrogen and oxygen atoms in total. The van der Waals surface area contributed by atoms with Crippen molar-refractivity contribution in [3.8, 4) is 0 Å². The van der Waals surface area contributed by atoms with Crippen LogP contribution in [0.25, 0.3) is 10.9 Å². The van der Waals surface area contributed by atoms with Gasteiger partial charge in [-0.05, 0) is 18.2 Å². The van der Waals surface area contributed by atoms with E-state index in [-0.39, 0.29) is 0 Å². The molecule has 0 saturated heterocycles. The van der Waals surface area contributed by atoms with Gasteiger partial charge in [0.1, 0.15) is 15.3 Å². The van der Waals surface area contributed by atoms with Gasteiger partial charge in [0.25, 0.3) is 0 Å². The molecule has 0 radical (unpaired) electrons. The molecule has 3 rings (SSSR count). The second-order valence-electron chi connectivity index (χ2n) is 3.54. The van der Waals surface area contributed by atoms with Crippen LogP contribution in [0.1, 0.15) is 0 Å². The highest BCUT2D eigenvalue weighted by atomic mass is 32.2. The zero-order valence-corrected chi connectivity index (χ0v) is 8.99. The Morgan fingerprint density at radius 1 is 1.31 bits per heavy atom. The number of fused-ring (bicyclic) bond motifs is 3. The maximum Gasteiger partial charge on any atom is 0.115 e. The molecule has 3 N–H and O–H groups in total. The topological polar surface area (TPSA) is 92.2 Å². The van der Waals surface area contributed by atoms with Crippen LogP contribution in [0.3, 0.4) is 0 Å². The van der Waals surface area contributed by atoms with E-state index in [0.717, 1.165) is 0 Å². The number of nitrogens with one attached hydrogen (secondary N) is 1. The van der Waals surface area contributed by atoms with Crippen molar-refractivity contribution in [2.45, 2.75) is 4.90 Å². The van der Waals surface area contributed by atoms with Crippen LogP contribution in [0.5, 0.6) is 0 Å². The molecule has 0 saturated carbocycles. The number of pyridine rings is 1. The van der Waals surface area contributed by atoms with E-state index in [9.17, 15) is 4.21 Å². The van der Waals surface area contributed by atoms with Gasteiger partial charge in [0.15, 0.2) is 0 Å². The number of hydrogen-bond donors (Lipinski definition) is 2. The summed E-state index contributed by atoms with van der Waals surface area (Å²) in [6.07, 6.45) is 1.59. The molecule has 1 aromatic heterocycles. The summed E-state index contributed by atoms with van der Waals surface area (Å²) in [5.41, 5.74) is 8.69. The molecule has 0 fully saturated rings. The molecule has 0 aliphatic carbocycles. The highest BCUT2D eigenvalue weighted by Crippen LogP contribution is 2.38. The predicted octanol–water partition coefficient (Wildman–Crippen LogP) is 1.90. The Labute approximate surface area is 92.0 Å². The Hall–Kier alpha value is -1.95. The maximum atomic E-state index is 12.0. The van der Waals surface area contributed by atoms with Gasteiger partial charge in [-0.2, -0.15) is 0 Å². The second-order valence-corrected chi connectivity index (χ2v) is 5.36. The fourth-order valence-electron chi connectivity index (χ4n) is 1.82. The molecular formula is C10H8N4OS. The smallest absolute Gasteiger partial charge is 0.115 e. The SMILES string of the molecule is N=S1(=O)C=Nc2ccc3nccc(N)c3c21. The standard InChI is InChI=1S/C10H8N4OS/c11-6-3-4-13-7-1-2-8-10(9(6)7)16(12,15)5-14-8/h1-5,12H,(H2,11,13). The van der Waals surface area contributed by atoms with E-state index in [1.807, 2.05) is 0 Å². The summed E-state index contributed by atoms with van der Waals surface area (Å²) in [6.45, 7) is 0. The van der Waals surface area contributed by atoms with Gasteiger partial charge in [-0.3, -0.25) is 4.98 Å². The van der Waals surface area contributed by atoms with E-state index in [4.69, 9.17) is 10.5 Å². The number of rotatable bonds is 0. The molecule has 1 aliphatic rings. The molecule has 16 heavy (non-hydrogen) atoms. The Balaban J connectivity index is 2.61. The van der Waals surface area contributed by atoms with Gasteiger partial charge in [0.2, 0.25) is 0 Å². The number of aliphatic imine (C=N–C) groups is 1. The number of anilines is 1. The molecule has 1 aromatic carbocycles. The molecule has 2 heterocycles. The summed E-state index contributed by atoms with van der Waals surface area (Å²) in [5.74, 6) is 0. The Morgan fingerprint density at radius 2 is 2.12 bits per heavy atom. The average Bonchev–Trinajstić information content (AvgIpc) is 2.55. The summed E-state index contributed by atoms with van der Waals surface area (Å²) in [7, 11) is -2.97. The van der Waals surface area contributed by atoms with E-state index >= 15 is 0 Å². The van der Waals surface area contributed by atoms with Crippen molar-refractivity contribution in [3.63, 3.8) is 0 Å². The van der Waals surface area contributed by atoms with Crippen LogP contribution in [-0.4, -0.2) is 14.7 Å². The monoisotopic (exact) mass is 232 g/mol. The van der Waals surface area contributed by atoms with Crippen LogP contribution in [-0.2, 0) is 9.73 Å². The summed E-state index contributed by atoms with van der Waals surface area (Å²) >= 11 is 0. The van der Waals surface area contributed by atoms with E-state index in [0.29, 0.717) is 27.2 Å². The molecule has 0 spiro atoms. The number of nitrogens with two attached hydrogens (primary N) is 1. The third-order valence-corrected chi connectivity index (χ3v) is 3.94. The summed E-state index contributed by atoms with van der Waals surface area (Å²) < 4.78 is 19.8. The lowest BCUT2D eigenvalue weighted by molar-refractivity contribution is 0.684. The molecule has 0 bridgehead atoms. The highest BCUT2D eigenvalue weighted by Gasteiger charge is 2.23. The molecule has 6 heteroatoms. The first-order valence-corrected chi connectivity index (χ1v) is 6.22. The molecule has 1 aliphatic heterocycles. The van der Waals surface area contributed by atoms with Crippen LogP contribution in [0.4, 0.5) is 11.4 Å². The molecule has 1 unspecified atom stereocenters. The first kappa shape index (κ1) is 9.29. The van der Waals surface area contributed by atoms with Crippen LogP contribution < -0.4 is 5.73 Å². The van der Waals surface area contributed by atoms with E-state index in [2.05, 4.69) is 9.98 Å². The van der Waals surface area contributed by atoms with Gasteiger partial charge in [0.05, 0.1) is 16.1 Å². The number of nitrogens with zero attached hydrogens (tertiary/aromatic N) is 2. The lowest BCUT2D eigenvalue weighted by Gasteiger charge is -2.06. The zero-order chi connectivity index (χ0) is 11.3. The van der Waals surface area contributed by atoms with Crippen LogP contribution >= 0.6 is 0 Å². The van der Waals surface area contributed by atoms with Crippen molar-refractivity contribution >= 4 is 37.6 Å². The quantitative estimate of drug-likeness (QED) is 0.726. The second kappa shape index (κ2) is 2.79. The van der Waals surface area contributed by atoms with Gasteiger partial charge in [0, 0.05) is 17.3 Å². The summed E-state index contributed by atoms with van der Waals surface area (Å²) in [5, 5.41) is 0.581. The third kappa shape index (κ3) is 1.07. The van der Waals surface area contributed by atoms with Gasteiger partial charge >= 0.3 is 0 Å². The normalized spacial score (nSPS) is 22.5. The molecular weight excluding hydrogens is 224 g/mol. The van der Waals surface area contributed by atoms with Gasteiger partial charge < -0.3 is 5.73 Å². The Morgan fingerprint density at radius 3 is 2.94 bits per heavy atom. The van der Waals surface area contributed by atoms with E-state index < -0.39 is 9.73 Å². The van der Waals surface area contributed by atoms with Gasteiger partial charge in [-0.15, -0.1) is 0 Å². The Bertz CT molecular complexity index is 734. The summed E-state index contributed by atoms with van der Waals surface area (Å²) in [4.78, 5) is 8.50. The summed E-state index contributed by atoms with van der Waals surface area (Å²) in [6, 6.07) is 5.11. The largest absolute Gasteiger partial charge is 0.398 e. The van der Waals surface area contributed by atoms with E-state index in [1.54, 1.807) is 24.4 Å². The highest BCUT2D eigenvalue weighted by molar-refractivity contribution is 8.06. The van der Waals surface area contributed by atoms with E-state index in [1.165, 1.54) is 5.55 Å². The van der Waals surface area contributed by atoms with Crippen molar-refractivity contribution in [2.24, 2.45) is 4.99 Å². The number of nitrogen functional groups attached to an aromatic ring is 1. The van der Waals surface area contributed by atoms with Crippen molar-refractivity contribution in [1.82, 2.24) is 4.98 Å². The lowest BCUT2D eigenvalue weighted by atomic mass is 10.1. The molecule has 80 valence electrons. The number of benzene rings is 1. The third-order valence-electron chi connectivity index (χ3n) is 2.51. The van der Waals surface area contributed by atoms with Crippen LogP contribution in [0.15, 0.2) is 34.3 Å². The minimum Gasteiger partial charge on any atom is -0.398 e. The molecule has 1 atom stereocenters. The van der Waals surface area contributed by atoms with Gasteiger partial charge in [-0.1, -0.05) is 0 Å². The fourth-order valence-corrected chi connectivity index (χ4v) is 3.15. The number of hydrogen-bond acceptors (Lipinski definition) is 5. The minimum absolute atomic E-state index is 0.385. The molecule has 0 amide bonds. The van der Waals surface area contributed by atoms with Gasteiger partial charge in [-0.25, -0.2) is 14.0 Å². The Kier molecular flexibility index (Phi) is 1.62. The van der Waals surface area contributed by atoms with Crippen molar-refractivity contribution in [2.75, 3.05) is 5.73 Å². The fraction of sp³-hybridized carbons (Fsp3) is 0. The molecule has 2 aromatic rings. The number of aromatic nitrogens is 1. The maximum absolute atomic E-state index is 12.0. The van der Waals surface area contributed by atoms with Crippen molar-refractivity contribution in [3.05, 3.63) is 24.4 Å². The minimum atomic E-state index is -2.97. The lowest BCUT2D eigenvalue weighted by Crippen LogP contribution is -1.98. The van der Waals surface area contributed by atoms with Crippen LogP contribution in [0.2, 0.25) is 0 Å². The van der Waals surface area contributed by atoms with Crippen molar-refractivity contribution in [1.29, 1.82) is 4.78 Å². The zero-order valence-electron chi connectivity index (χ0n) is 8.18. The average molecular weight is 232 g/mol.